The van der Waals surface area contributed by atoms with E-state index in [1.807, 2.05) is 0 Å². The molecule has 4 aliphatic rings. The molecule has 3 aliphatic heterocycles. The van der Waals surface area contributed by atoms with Crippen molar-refractivity contribution in [2.45, 2.75) is 54.8 Å². The fourth-order valence-corrected chi connectivity index (χ4v) is 5.13. The third kappa shape index (κ3) is 3.84. The molecular weight excluding hydrogens is 472 g/mol. The Morgan fingerprint density at radius 3 is 2.49 bits per heavy atom. The number of epoxide rings is 1. The van der Waals surface area contributed by atoms with Gasteiger partial charge in [-0.15, -0.1) is 0 Å². The summed E-state index contributed by atoms with van der Waals surface area (Å²) >= 11 is 0. The summed E-state index contributed by atoms with van der Waals surface area (Å²) in [7, 11) is 0. The lowest BCUT2D eigenvalue weighted by atomic mass is 9.85. The number of aliphatic hydroxyl groups excluding tert-OH is 5. The van der Waals surface area contributed by atoms with Gasteiger partial charge >= 0.3 is 5.97 Å². The van der Waals surface area contributed by atoms with E-state index in [0.29, 0.717) is 0 Å². The van der Waals surface area contributed by atoms with Gasteiger partial charge in [0, 0.05) is 5.92 Å². The van der Waals surface area contributed by atoms with Crippen LogP contribution in [0, 0.1) is 11.8 Å². The minimum atomic E-state index is -1.67. The number of aliphatic hydroxyl groups is 5. The number of carbonyl (C=O) groups is 1. The van der Waals surface area contributed by atoms with Crippen LogP contribution in [-0.4, -0.2) is 110 Å². The SMILES string of the molecule is O=C(O[C@H]1[C@H]2C=CO[C@H](O[C@@H]3O[C@H](CO)[C@@H](O)[C@H](O)[C@H]3O)[C@@H]2[C@@]2(CO)O[C@@H]12)c1ccc(O)c(O)c1. The Morgan fingerprint density at radius 2 is 1.80 bits per heavy atom. The molecule has 1 aliphatic carbocycles. The summed E-state index contributed by atoms with van der Waals surface area (Å²) in [6.45, 7) is -1.10. The molecular formula is C22H26O13. The summed E-state index contributed by atoms with van der Waals surface area (Å²) in [4.78, 5) is 12.7. The third-order valence-electron chi connectivity index (χ3n) is 7.05. The predicted octanol–water partition coefficient (Wildman–Crippen LogP) is -2.31. The molecule has 0 spiro atoms. The van der Waals surface area contributed by atoms with Crippen LogP contribution < -0.4 is 0 Å². The second-order valence-electron chi connectivity index (χ2n) is 8.99. The lowest BCUT2D eigenvalue weighted by Crippen LogP contribution is -2.60. The van der Waals surface area contributed by atoms with E-state index in [4.69, 9.17) is 23.7 Å². The van der Waals surface area contributed by atoms with Crippen molar-refractivity contribution in [3.63, 3.8) is 0 Å². The maximum Gasteiger partial charge on any atom is 0.338 e. The molecule has 13 nitrogen and oxygen atoms in total. The van der Waals surface area contributed by atoms with E-state index >= 15 is 0 Å². The van der Waals surface area contributed by atoms with Crippen molar-refractivity contribution in [1.82, 2.24) is 0 Å². The van der Waals surface area contributed by atoms with Gasteiger partial charge in [0.15, 0.2) is 17.8 Å². The summed E-state index contributed by atoms with van der Waals surface area (Å²) < 4.78 is 28.1. The molecule has 0 unspecified atom stereocenters. The lowest BCUT2D eigenvalue weighted by Gasteiger charge is -2.43. The van der Waals surface area contributed by atoms with Crippen molar-refractivity contribution in [2.24, 2.45) is 11.8 Å². The zero-order valence-electron chi connectivity index (χ0n) is 18.2. The Hall–Kier alpha value is -2.49. The molecule has 3 heterocycles. The fraction of sp³-hybridized carbons (Fsp3) is 0.591. The predicted molar refractivity (Wildman–Crippen MR) is 110 cm³/mol. The second kappa shape index (κ2) is 8.87. The molecule has 0 bridgehead atoms. The van der Waals surface area contributed by atoms with Gasteiger partial charge in [-0.1, -0.05) is 0 Å². The largest absolute Gasteiger partial charge is 0.504 e. The molecule has 35 heavy (non-hydrogen) atoms. The Morgan fingerprint density at radius 1 is 1.03 bits per heavy atom. The minimum Gasteiger partial charge on any atom is -0.504 e. The number of rotatable bonds is 6. The smallest absolute Gasteiger partial charge is 0.338 e. The van der Waals surface area contributed by atoms with Gasteiger partial charge in [-0.25, -0.2) is 4.79 Å². The van der Waals surface area contributed by atoms with Crippen molar-refractivity contribution in [1.29, 1.82) is 0 Å². The average Bonchev–Trinajstić information content (AvgIpc) is 3.53. The molecule has 11 atom stereocenters. The minimum absolute atomic E-state index is 0.0100. The van der Waals surface area contributed by atoms with E-state index in [1.165, 1.54) is 12.3 Å². The van der Waals surface area contributed by atoms with Crippen molar-refractivity contribution >= 4 is 5.97 Å². The summed E-state index contributed by atoms with van der Waals surface area (Å²) in [6, 6.07) is 3.48. The second-order valence-corrected chi connectivity index (χ2v) is 8.99. The number of hydrogen-bond acceptors (Lipinski definition) is 13. The first kappa shape index (κ1) is 24.2. The van der Waals surface area contributed by atoms with Crippen LogP contribution in [0.25, 0.3) is 0 Å². The van der Waals surface area contributed by atoms with Crippen molar-refractivity contribution < 1.29 is 64.2 Å². The Kier molecular flexibility index (Phi) is 6.14. The number of ether oxygens (including phenoxy) is 5. The maximum absolute atomic E-state index is 12.7. The summed E-state index contributed by atoms with van der Waals surface area (Å²) in [5.41, 5.74) is -1.19. The molecule has 1 saturated carbocycles. The zero-order chi connectivity index (χ0) is 25.1. The number of aromatic hydroxyl groups is 2. The average molecular weight is 498 g/mol. The number of phenolic OH excluding ortho intramolecular Hbond substituents is 2. The molecule has 1 aromatic rings. The quantitative estimate of drug-likeness (QED) is 0.125. The molecule has 3 fully saturated rings. The third-order valence-corrected chi connectivity index (χ3v) is 7.05. The first-order chi connectivity index (χ1) is 16.7. The summed E-state index contributed by atoms with van der Waals surface area (Å²) in [5.74, 6) is -2.94. The van der Waals surface area contributed by atoms with E-state index in [1.54, 1.807) is 6.08 Å². The van der Waals surface area contributed by atoms with E-state index < -0.39 is 97.3 Å². The number of hydrogen-bond donors (Lipinski definition) is 7. The van der Waals surface area contributed by atoms with Crippen LogP contribution >= 0.6 is 0 Å². The van der Waals surface area contributed by atoms with Gasteiger partial charge in [0.1, 0.15) is 42.2 Å². The summed E-state index contributed by atoms with van der Waals surface area (Å²) in [6.07, 6.45) is -7.39. The topological polar surface area (TPSA) is 208 Å². The molecule has 1 aromatic carbocycles. The maximum atomic E-state index is 12.7. The standard InChI is InChI=1S/C22H26O13/c23-6-12-14(27)15(28)16(29)21(32-12)34-20-13-9(3-4-31-20)17(18-22(13,7-24)35-18)33-19(30)8-1-2-10(25)11(26)5-8/h1-5,9,12-18,20-21,23-29H,6-7H2/t9-,12+,13+,14+,15-,16+,17-,18-,20+,21-,22+/m0/s1. The number of fused-ring (bicyclic) bond motifs is 3. The van der Waals surface area contributed by atoms with Gasteiger partial charge in [0.2, 0.25) is 6.29 Å². The van der Waals surface area contributed by atoms with Gasteiger partial charge in [-0.2, -0.15) is 0 Å². The normalized spacial score (nSPS) is 43.7. The molecule has 0 radical (unpaired) electrons. The monoisotopic (exact) mass is 498 g/mol. The first-order valence-corrected chi connectivity index (χ1v) is 11.0. The van der Waals surface area contributed by atoms with E-state index in [2.05, 4.69) is 0 Å². The van der Waals surface area contributed by atoms with Gasteiger partial charge < -0.3 is 59.4 Å². The van der Waals surface area contributed by atoms with Crippen molar-refractivity contribution in [2.75, 3.05) is 13.2 Å². The molecule has 2 saturated heterocycles. The van der Waals surface area contributed by atoms with E-state index in [9.17, 15) is 40.5 Å². The van der Waals surface area contributed by atoms with Gasteiger partial charge in [-0.3, -0.25) is 0 Å². The molecule has 0 amide bonds. The van der Waals surface area contributed by atoms with Crippen LogP contribution in [0.1, 0.15) is 10.4 Å². The van der Waals surface area contributed by atoms with Gasteiger partial charge in [-0.05, 0) is 24.3 Å². The molecule has 13 heteroatoms. The van der Waals surface area contributed by atoms with Crippen molar-refractivity contribution in [3.8, 4) is 11.5 Å². The van der Waals surface area contributed by atoms with E-state index in [-0.39, 0.29) is 5.56 Å². The number of carbonyl (C=O) groups excluding carboxylic acids is 1. The molecule has 0 aromatic heterocycles. The number of benzene rings is 1. The molecule has 192 valence electrons. The lowest BCUT2D eigenvalue weighted by molar-refractivity contribution is -0.344. The number of phenols is 2. The van der Waals surface area contributed by atoms with Crippen LogP contribution in [-0.2, 0) is 23.7 Å². The highest BCUT2D eigenvalue weighted by molar-refractivity contribution is 5.90. The highest BCUT2D eigenvalue weighted by Crippen LogP contribution is 2.60. The zero-order valence-corrected chi connectivity index (χ0v) is 18.2. The number of esters is 1. The fourth-order valence-electron chi connectivity index (χ4n) is 5.13. The molecule has 5 rings (SSSR count). The highest BCUT2D eigenvalue weighted by Gasteiger charge is 2.77. The first-order valence-electron chi connectivity index (χ1n) is 11.0. The van der Waals surface area contributed by atoms with Gasteiger partial charge in [0.25, 0.3) is 0 Å². The Labute approximate surface area is 198 Å². The van der Waals surface area contributed by atoms with Crippen LogP contribution in [0.15, 0.2) is 30.5 Å². The summed E-state index contributed by atoms with van der Waals surface area (Å²) in [5, 5.41) is 69.0. The van der Waals surface area contributed by atoms with E-state index in [0.717, 1.165) is 12.1 Å². The van der Waals surface area contributed by atoms with Crippen molar-refractivity contribution in [3.05, 3.63) is 36.1 Å². The Balaban J connectivity index is 1.35. The van der Waals surface area contributed by atoms with Crippen LogP contribution in [0.4, 0.5) is 0 Å². The molecule has 7 N–H and O–H groups in total. The van der Waals surface area contributed by atoms with Crippen LogP contribution in [0.5, 0.6) is 11.5 Å². The highest BCUT2D eigenvalue weighted by atomic mass is 16.8. The van der Waals surface area contributed by atoms with Crippen LogP contribution in [0.2, 0.25) is 0 Å². The van der Waals surface area contributed by atoms with Crippen LogP contribution in [0.3, 0.4) is 0 Å². The Bertz CT molecular complexity index is 998. The van der Waals surface area contributed by atoms with Gasteiger partial charge in [0.05, 0.1) is 31.0 Å².